The van der Waals surface area contributed by atoms with Gasteiger partial charge in [-0.25, -0.2) is 4.79 Å². The number of fused-ring (bicyclic) bond motifs is 1. The highest BCUT2D eigenvalue weighted by atomic mass is 35.5. The highest BCUT2D eigenvalue weighted by Gasteiger charge is 2.27. The van der Waals surface area contributed by atoms with Gasteiger partial charge in [-0.05, 0) is 37.4 Å². The van der Waals surface area contributed by atoms with Crippen LogP contribution in [0, 0.1) is 5.92 Å². The van der Waals surface area contributed by atoms with E-state index in [9.17, 15) is 14.4 Å². The first kappa shape index (κ1) is 18.2. The molecule has 1 saturated carbocycles. The van der Waals surface area contributed by atoms with Crippen molar-refractivity contribution in [3.8, 4) is 0 Å². The molecule has 4 N–H and O–H groups in total. The molecule has 2 atom stereocenters. The number of para-hydroxylation sites is 1. The molecule has 1 amide bonds. The van der Waals surface area contributed by atoms with Crippen LogP contribution in [0.4, 0.5) is 0 Å². The average molecular weight is 353 g/mol. The maximum absolute atomic E-state index is 12.4. The van der Waals surface area contributed by atoms with Crippen LogP contribution in [0.1, 0.15) is 19.3 Å². The van der Waals surface area contributed by atoms with Crippen LogP contribution in [0.25, 0.3) is 10.9 Å². The quantitative estimate of drug-likeness (QED) is 0.737. The Bertz CT molecular complexity index is 845. The summed E-state index contributed by atoms with van der Waals surface area (Å²) in [5.41, 5.74) is 5.14. The highest BCUT2D eigenvalue weighted by molar-refractivity contribution is 5.85. The third-order valence-electron chi connectivity index (χ3n) is 4.50. The molecule has 0 radical (unpaired) electrons. The fraction of sp³-hybridized carbons (Fsp3) is 0.438. The van der Waals surface area contributed by atoms with E-state index in [1.54, 1.807) is 24.3 Å². The summed E-state index contributed by atoms with van der Waals surface area (Å²) >= 11 is 0. The summed E-state index contributed by atoms with van der Waals surface area (Å²) in [6.45, 7) is 0.244. The normalized spacial score (nSPS) is 19.9. The maximum atomic E-state index is 12.4. The third kappa shape index (κ3) is 3.52. The molecule has 0 bridgehead atoms. The zero-order chi connectivity index (χ0) is 16.4. The largest absolute Gasteiger partial charge is 0.351 e. The topological polar surface area (TPSA) is 110 Å². The number of amides is 1. The van der Waals surface area contributed by atoms with Gasteiger partial charge in [-0.3, -0.25) is 14.2 Å². The predicted molar refractivity (Wildman–Crippen MR) is 94.4 cm³/mol. The molecule has 1 fully saturated rings. The van der Waals surface area contributed by atoms with Crippen molar-refractivity contribution in [3.63, 3.8) is 0 Å². The minimum atomic E-state index is -0.578. The van der Waals surface area contributed by atoms with E-state index in [4.69, 9.17) is 5.73 Å². The molecular weight excluding hydrogens is 332 g/mol. The molecule has 8 heteroatoms. The lowest BCUT2D eigenvalue weighted by Gasteiger charge is -2.19. The van der Waals surface area contributed by atoms with Crippen LogP contribution in [0.5, 0.6) is 0 Å². The van der Waals surface area contributed by atoms with Crippen LogP contribution in [0.15, 0.2) is 33.9 Å². The number of rotatable bonds is 4. The molecule has 2 aromatic rings. The zero-order valence-electron chi connectivity index (χ0n) is 13.2. The Morgan fingerprint density at radius 1 is 1.29 bits per heavy atom. The molecule has 1 aromatic heterocycles. The van der Waals surface area contributed by atoms with Crippen molar-refractivity contribution in [2.24, 2.45) is 11.7 Å². The molecule has 130 valence electrons. The molecule has 1 heterocycles. The molecule has 24 heavy (non-hydrogen) atoms. The second kappa shape index (κ2) is 7.63. The summed E-state index contributed by atoms with van der Waals surface area (Å²) in [4.78, 5) is 39.3. The third-order valence-corrected chi connectivity index (χ3v) is 4.50. The van der Waals surface area contributed by atoms with E-state index >= 15 is 0 Å². The molecular formula is C16H21ClN4O3. The number of hydrogen-bond donors (Lipinski definition) is 3. The number of nitrogens with one attached hydrogen (secondary N) is 2. The Morgan fingerprint density at radius 3 is 2.79 bits per heavy atom. The number of nitrogens with zero attached hydrogens (tertiary/aromatic N) is 1. The van der Waals surface area contributed by atoms with Crippen LogP contribution < -0.4 is 22.3 Å². The van der Waals surface area contributed by atoms with Crippen molar-refractivity contribution >= 4 is 29.2 Å². The van der Waals surface area contributed by atoms with Gasteiger partial charge in [0.25, 0.3) is 5.56 Å². The van der Waals surface area contributed by atoms with E-state index in [1.807, 2.05) is 0 Å². The van der Waals surface area contributed by atoms with Gasteiger partial charge in [0.1, 0.15) is 6.54 Å². The van der Waals surface area contributed by atoms with Crippen LogP contribution >= 0.6 is 12.4 Å². The van der Waals surface area contributed by atoms with Gasteiger partial charge in [-0.15, -0.1) is 12.4 Å². The predicted octanol–water partition coefficient (Wildman–Crippen LogP) is 0.355. The maximum Gasteiger partial charge on any atom is 0.329 e. The fourth-order valence-corrected chi connectivity index (χ4v) is 3.25. The number of hydrogen-bond acceptors (Lipinski definition) is 4. The molecule has 1 aromatic carbocycles. The lowest BCUT2D eigenvalue weighted by molar-refractivity contribution is -0.122. The Balaban J connectivity index is 0.00000208. The summed E-state index contributed by atoms with van der Waals surface area (Å²) in [5, 5.41) is 3.29. The van der Waals surface area contributed by atoms with Crippen LogP contribution in [0.2, 0.25) is 0 Å². The monoisotopic (exact) mass is 352 g/mol. The van der Waals surface area contributed by atoms with E-state index in [1.165, 1.54) is 0 Å². The van der Waals surface area contributed by atoms with Crippen LogP contribution in [-0.4, -0.2) is 28.0 Å². The number of aromatic amines is 1. The van der Waals surface area contributed by atoms with Gasteiger partial charge in [-0.1, -0.05) is 18.6 Å². The van der Waals surface area contributed by atoms with Gasteiger partial charge in [-0.2, -0.15) is 0 Å². The first-order valence-corrected chi connectivity index (χ1v) is 7.81. The number of carbonyl (C=O) groups is 1. The molecule has 3 rings (SSSR count). The summed E-state index contributed by atoms with van der Waals surface area (Å²) in [7, 11) is 0. The van der Waals surface area contributed by atoms with E-state index in [0.717, 1.165) is 23.8 Å². The molecule has 2 unspecified atom stereocenters. The lowest BCUT2D eigenvalue weighted by atomic mass is 10.0. The van der Waals surface area contributed by atoms with Gasteiger partial charge in [0, 0.05) is 6.04 Å². The summed E-state index contributed by atoms with van der Waals surface area (Å²) in [6, 6.07) is 6.78. The first-order chi connectivity index (χ1) is 11.1. The van der Waals surface area contributed by atoms with Crippen LogP contribution in [0.3, 0.4) is 0 Å². The zero-order valence-corrected chi connectivity index (χ0v) is 14.0. The average Bonchev–Trinajstić information content (AvgIpc) is 2.98. The Morgan fingerprint density at radius 2 is 2.04 bits per heavy atom. The number of aromatic nitrogens is 2. The molecule has 0 saturated heterocycles. The van der Waals surface area contributed by atoms with Crippen molar-refractivity contribution in [3.05, 3.63) is 45.1 Å². The summed E-state index contributed by atoms with van der Waals surface area (Å²) in [5.74, 6) is -0.0659. The number of H-pyrrole nitrogens is 1. The van der Waals surface area contributed by atoms with E-state index in [-0.39, 0.29) is 36.8 Å². The molecule has 0 aliphatic heterocycles. The van der Waals surface area contributed by atoms with Crippen molar-refractivity contribution in [1.82, 2.24) is 14.9 Å². The minimum absolute atomic E-state index is 0. The fourth-order valence-electron chi connectivity index (χ4n) is 3.25. The van der Waals surface area contributed by atoms with Gasteiger partial charge < -0.3 is 16.0 Å². The lowest BCUT2D eigenvalue weighted by Crippen LogP contribution is -2.45. The smallest absolute Gasteiger partial charge is 0.329 e. The molecule has 1 aliphatic rings. The molecule has 7 nitrogen and oxygen atoms in total. The van der Waals surface area contributed by atoms with Crippen molar-refractivity contribution in [2.75, 3.05) is 6.54 Å². The van der Waals surface area contributed by atoms with Crippen molar-refractivity contribution in [1.29, 1.82) is 0 Å². The van der Waals surface area contributed by atoms with Gasteiger partial charge in [0.15, 0.2) is 0 Å². The van der Waals surface area contributed by atoms with E-state index in [2.05, 4.69) is 10.3 Å². The number of nitrogens with two attached hydrogens (primary N) is 1. The first-order valence-electron chi connectivity index (χ1n) is 7.81. The number of benzene rings is 1. The second-order valence-electron chi connectivity index (χ2n) is 5.97. The van der Waals surface area contributed by atoms with Gasteiger partial charge in [0.05, 0.1) is 10.9 Å². The molecule has 0 spiro atoms. The Hall–Kier alpha value is -2.12. The minimum Gasteiger partial charge on any atom is -0.351 e. The van der Waals surface area contributed by atoms with E-state index < -0.39 is 11.2 Å². The Labute approximate surface area is 144 Å². The summed E-state index contributed by atoms with van der Waals surface area (Å²) in [6.07, 6.45) is 2.91. The van der Waals surface area contributed by atoms with Gasteiger partial charge >= 0.3 is 5.69 Å². The van der Waals surface area contributed by atoms with Crippen molar-refractivity contribution in [2.45, 2.75) is 31.8 Å². The Kier molecular flexibility index (Phi) is 5.80. The summed E-state index contributed by atoms with van der Waals surface area (Å²) < 4.78 is 0.935. The number of halogens is 1. The standard InChI is InChI=1S/C16H20N4O3.ClH/c17-8-10-4-3-7-12(10)18-14(21)9-20-15(22)11-5-1-2-6-13(11)19-16(20)23;/h1-2,5-6,10,12H,3-4,7-9,17H2,(H,18,21)(H,19,23);1H. The highest BCUT2D eigenvalue weighted by Crippen LogP contribution is 2.24. The van der Waals surface area contributed by atoms with E-state index in [0.29, 0.717) is 17.4 Å². The van der Waals surface area contributed by atoms with Crippen LogP contribution in [-0.2, 0) is 11.3 Å². The van der Waals surface area contributed by atoms with Gasteiger partial charge in [0.2, 0.25) is 5.91 Å². The van der Waals surface area contributed by atoms with Crippen molar-refractivity contribution < 1.29 is 4.79 Å². The SMILES string of the molecule is Cl.NCC1CCCC1NC(=O)Cn1c(=O)[nH]c2ccccc2c1=O. The molecule has 1 aliphatic carbocycles. The second-order valence-corrected chi connectivity index (χ2v) is 5.97. The number of carbonyl (C=O) groups excluding carboxylic acids is 1.